The largest absolute Gasteiger partial charge is 0.543 e. The molecule has 4 nitrogen and oxygen atoms in total. The third-order valence-corrected chi connectivity index (χ3v) is 9.42. The van der Waals surface area contributed by atoms with Crippen molar-refractivity contribution in [1.29, 1.82) is 0 Å². The Hall–Kier alpha value is -2.53. The van der Waals surface area contributed by atoms with E-state index in [1.165, 1.54) is 0 Å². The third kappa shape index (κ3) is 3.53. The summed E-state index contributed by atoms with van der Waals surface area (Å²) in [6.07, 6.45) is 0. The fourth-order valence-electron chi connectivity index (χ4n) is 2.48. The topological polar surface area (TPSA) is 59.7 Å². The van der Waals surface area contributed by atoms with Gasteiger partial charge in [0.1, 0.15) is 17.1 Å². The molecule has 0 aliphatic carbocycles. The summed E-state index contributed by atoms with van der Waals surface area (Å²) in [5.41, 5.74) is 1.83. The number of carbonyl (C=O) groups is 1. The second-order valence-corrected chi connectivity index (χ2v) is 12.8. The lowest BCUT2D eigenvalue weighted by atomic mass is 10.1. The number of aromatic carboxylic acids is 1. The van der Waals surface area contributed by atoms with E-state index in [-0.39, 0.29) is 10.6 Å². The van der Waals surface area contributed by atoms with Crippen molar-refractivity contribution in [1.82, 2.24) is 0 Å². The van der Waals surface area contributed by atoms with Gasteiger partial charge in [-0.3, -0.25) is 0 Å². The monoisotopic (exact) mass is 368 g/mol. The van der Waals surface area contributed by atoms with E-state index < -0.39 is 14.3 Å². The van der Waals surface area contributed by atoms with Gasteiger partial charge in [-0.2, -0.15) is 0 Å². The molecule has 3 rings (SSSR count). The quantitative estimate of drug-likeness (QED) is 0.558. The van der Waals surface area contributed by atoms with Crippen molar-refractivity contribution in [3.8, 4) is 17.1 Å². The fourth-order valence-corrected chi connectivity index (χ4v) is 3.50. The molecule has 0 spiro atoms. The van der Waals surface area contributed by atoms with Crippen LogP contribution in [-0.4, -0.2) is 19.4 Å². The number of fused-ring (bicyclic) bond motifs is 1. The summed E-state index contributed by atoms with van der Waals surface area (Å²) in [4.78, 5) is 11.1. The summed E-state index contributed by atoms with van der Waals surface area (Å²) < 4.78 is 12.3. The molecule has 0 radical (unpaired) electrons. The predicted octanol–water partition coefficient (Wildman–Crippen LogP) is 6.18. The highest BCUT2D eigenvalue weighted by Crippen LogP contribution is 2.38. The van der Waals surface area contributed by atoms with Gasteiger partial charge in [0.25, 0.3) is 0 Å². The van der Waals surface area contributed by atoms with Crippen molar-refractivity contribution in [2.24, 2.45) is 0 Å². The van der Waals surface area contributed by atoms with Crippen LogP contribution in [0.25, 0.3) is 22.3 Å². The second kappa shape index (κ2) is 6.32. The van der Waals surface area contributed by atoms with Gasteiger partial charge in [-0.1, -0.05) is 32.9 Å². The Bertz CT molecular complexity index is 964. The van der Waals surface area contributed by atoms with Crippen LogP contribution in [0.3, 0.4) is 0 Å². The molecule has 0 saturated carbocycles. The Balaban J connectivity index is 1.95. The first-order chi connectivity index (χ1) is 12.1. The number of carboxylic acid groups (broad SMARTS) is 1. The molecule has 1 aromatic heterocycles. The minimum Gasteiger partial charge on any atom is -0.543 e. The standard InChI is InChI=1S/C21H24O4Si/c1-21(2,3)26(4,5)25-17-8-6-7-14(12-17)19-13-16-11-15(20(22)23)9-10-18(16)24-19/h6-13H,1-5H3,(H,22,23). The lowest BCUT2D eigenvalue weighted by Gasteiger charge is -2.36. The molecule has 2 aromatic carbocycles. The fraction of sp³-hybridized carbons (Fsp3) is 0.286. The maximum absolute atomic E-state index is 11.1. The number of benzene rings is 2. The molecule has 0 aliphatic rings. The highest BCUT2D eigenvalue weighted by atomic mass is 28.4. The molecule has 1 heterocycles. The molecular formula is C21H24O4Si. The minimum absolute atomic E-state index is 0.121. The Kier molecular flexibility index (Phi) is 4.44. The first-order valence-electron chi connectivity index (χ1n) is 8.63. The number of hydrogen-bond acceptors (Lipinski definition) is 3. The molecule has 136 valence electrons. The summed E-state index contributed by atoms with van der Waals surface area (Å²) in [6, 6.07) is 14.6. The smallest absolute Gasteiger partial charge is 0.335 e. The normalized spacial score (nSPS) is 12.3. The predicted molar refractivity (Wildman–Crippen MR) is 106 cm³/mol. The van der Waals surface area contributed by atoms with Crippen LogP contribution in [0.2, 0.25) is 18.1 Å². The van der Waals surface area contributed by atoms with E-state index in [0.29, 0.717) is 11.3 Å². The zero-order valence-electron chi connectivity index (χ0n) is 15.8. The maximum Gasteiger partial charge on any atom is 0.335 e. The SMILES string of the molecule is CC(C)(C)[Si](C)(C)Oc1cccc(-c2cc3cc(C(=O)O)ccc3o2)c1. The lowest BCUT2D eigenvalue weighted by molar-refractivity contribution is 0.0697. The molecule has 0 amide bonds. The summed E-state index contributed by atoms with van der Waals surface area (Å²) >= 11 is 0. The van der Waals surface area contributed by atoms with E-state index in [2.05, 4.69) is 33.9 Å². The van der Waals surface area contributed by atoms with Crippen LogP contribution < -0.4 is 4.43 Å². The van der Waals surface area contributed by atoms with Crippen molar-refractivity contribution in [2.75, 3.05) is 0 Å². The highest BCUT2D eigenvalue weighted by molar-refractivity contribution is 6.74. The number of rotatable bonds is 4. The average Bonchev–Trinajstić information content (AvgIpc) is 2.96. The van der Waals surface area contributed by atoms with Gasteiger partial charge in [0.05, 0.1) is 5.56 Å². The van der Waals surface area contributed by atoms with E-state index >= 15 is 0 Å². The van der Waals surface area contributed by atoms with Gasteiger partial charge in [0.15, 0.2) is 0 Å². The summed E-state index contributed by atoms with van der Waals surface area (Å²) in [6.45, 7) is 11.1. The van der Waals surface area contributed by atoms with E-state index in [1.54, 1.807) is 18.2 Å². The molecule has 5 heteroatoms. The van der Waals surface area contributed by atoms with Crippen molar-refractivity contribution >= 4 is 25.3 Å². The molecule has 0 unspecified atom stereocenters. The summed E-state index contributed by atoms with van der Waals surface area (Å²) in [7, 11) is -1.92. The van der Waals surface area contributed by atoms with E-state index in [0.717, 1.165) is 16.7 Å². The van der Waals surface area contributed by atoms with Gasteiger partial charge < -0.3 is 13.9 Å². The van der Waals surface area contributed by atoms with Crippen molar-refractivity contribution in [3.05, 3.63) is 54.1 Å². The molecule has 3 aromatic rings. The van der Waals surface area contributed by atoms with Crippen LogP contribution in [0.4, 0.5) is 0 Å². The zero-order valence-corrected chi connectivity index (χ0v) is 16.8. The van der Waals surface area contributed by atoms with Crippen LogP contribution in [0, 0.1) is 0 Å². The van der Waals surface area contributed by atoms with Crippen LogP contribution in [0.1, 0.15) is 31.1 Å². The van der Waals surface area contributed by atoms with Gasteiger partial charge in [0.2, 0.25) is 8.32 Å². The van der Waals surface area contributed by atoms with E-state index in [9.17, 15) is 4.79 Å². The Morgan fingerprint density at radius 2 is 1.81 bits per heavy atom. The molecule has 1 N–H and O–H groups in total. The first-order valence-corrected chi connectivity index (χ1v) is 11.5. The van der Waals surface area contributed by atoms with Gasteiger partial charge in [0, 0.05) is 10.9 Å². The molecule has 0 bridgehead atoms. The van der Waals surface area contributed by atoms with Crippen molar-refractivity contribution in [3.63, 3.8) is 0 Å². The molecule has 0 atom stereocenters. The van der Waals surface area contributed by atoms with Gasteiger partial charge >= 0.3 is 5.97 Å². The summed E-state index contributed by atoms with van der Waals surface area (Å²) in [5.74, 6) is 0.586. The van der Waals surface area contributed by atoms with Gasteiger partial charge in [-0.05, 0) is 54.5 Å². The van der Waals surface area contributed by atoms with Gasteiger partial charge in [-0.15, -0.1) is 0 Å². The molecule has 0 aliphatic heterocycles. The number of furan rings is 1. The average molecular weight is 369 g/mol. The molecule has 0 saturated heterocycles. The highest BCUT2D eigenvalue weighted by Gasteiger charge is 2.39. The Morgan fingerprint density at radius 1 is 1.08 bits per heavy atom. The third-order valence-electron chi connectivity index (χ3n) is 5.06. The first kappa shape index (κ1) is 18.3. The van der Waals surface area contributed by atoms with Crippen LogP contribution in [-0.2, 0) is 0 Å². The molecule has 0 fully saturated rings. The summed E-state index contributed by atoms with van der Waals surface area (Å²) in [5, 5.41) is 10.0. The lowest BCUT2D eigenvalue weighted by Crippen LogP contribution is -2.43. The van der Waals surface area contributed by atoms with Crippen LogP contribution >= 0.6 is 0 Å². The molecule has 26 heavy (non-hydrogen) atoms. The zero-order chi connectivity index (χ0) is 19.1. The maximum atomic E-state index is 11.1. The van der Waals surface area contributed by atoms with E-state index in [1.807, 2.05) is 30.3 Å². The van der Waals surface area contributed by atoms with Crippen LogP contribution in [0.15, 0.2) is 52.9 Å². The second-order valence-electron chi connectivity index (χ2n) is 8.06. The van der Waals surface area contributed by atoms with E-state index in [4.69, 9.17) is 13.9 Å². The molecular weight excluding hydrogens is 344 g/mol. The van der Waals surface area contributed by atoms with Crippen LogP contribution in [0.5, 0.6) is 5.75 Å². The van der Waals surface area contributed by atoms with Crippen molar-refractivity contribution in [2.45, 2.75) is 38.9 Å². The minimum atomic E-state index is -1.92. The van der Waals surface area contributed by atoms with Crippen molar-refractivity contribution < 1.29 is 18.7 Å². The Labute approximate surface area is 154 Å². The number of hydrogen-bond donors (Lipinski definition) is 1. The number of carboxylic acids is 1. The van der Waals surface area contributed by atoms with Gasteiger partial charge in [-0.25, -0.2) is 4.79 Å². The Morgan fingerprint density at radius 3 is 2.46 bits per heavy atom.